The van der Waals surface area contributed by atoms with Crippen LogP contribution in [0.4, 0.5) is 14.7 Å². The summed E-state index contributed by atoms with van der Waals surface area (Å²) in [6, 6.07) is 2.44. The molecule has 11 heteroatoms. The molecule has 37 heavy (non-hydrogen) atoms. The number of allylic oxidation sites excluding steroid dienone is 1. The number of ether oxygens (including phenoxy) is 1. The van der Waals surface area contributed by atoms with Gasteiger partial charge in [-0.05, 0) is 38.1 Å². The minimum absolute atomic E-state index is 0.120. The van der Waals surface area contributed by atoms with E-state index < -0.39 is 11.6 Å². The molecule has 1 atom stereocenters. The van der Waals surface area contributed by atoms with Crippen molar-refractivity contribution < 1.29 is 13.5 Å². The second-order valence-electron chi connectivity index (χ2n) is 9.74. The molecule has 3 aliphatic heterocycles. The number of rotatable bonds is 3. The van der Waals surface area contributed by atoms with Gasteiger partial charge in [-0.1, -0.05) is 0 Å². The van der Waals surface area contributed by atoms with Gasteiger partial charge in [0.1, 0.15) is 11.6 Å². The van der Waals surface area contributed by atoms with E-state index in [-0.39, 0.29) is 51.8 Å². The molecule has 1 aromatic carbocycles. The fourth-order valence-corrected chi connectivity index (χ4v) is 6.38. The number of aromatic nitrogens is 3. The van der Waals surface area contributed by atoms with Crippen molar-refractivity contribution in [3.63, 3.8) is 0 Å². The molecule has 0 saturated carbocycles. The number of benzene rings is 1. The lowest BCUT2D eigenvalue weighted by Crippen LogP contribution is -2.45. The summed E-state index contributed by atoms with van der Waals surface area (Å²) >= 11 is 1.18. The van der Waals surface area contributed by atoms with Crippen LogP contribution in [0.1, 0.15) is 29.5 Å². The zero-order valence-corrected chi connectivity index (χ0v) is 21.3. The molecule has 0 spiro atoms. The highest BCUT2D eigenvalue weighted by Crippen LogP contribution is 2.46. The first-order valence-corrected chi connectivity index (χ1v) is 13.1. The highest BCUT2D eigenvalue weighted by Gasteiger charge is 2.33. The van der Waals surface area contributed by atoms with Gasteiger partial charge >= 0.3 is 0 Å². The van der Waals surface area contributed by atoms with Gasteiger partial charge in [0.2, 0.25) is 5.95 Å². The van der Waals surface area contributed by atoms with E-state index in [4.69, 9.17) is 15.5 Å². The number of piperidine rings is 1. The van der Waals surface area contributed by atoms with Crippen LogP contribution in [-0.2, 0) is 18.0 Å². The fraction of sp³-hybridized carbons (Fsp3) is 0.385. The van der Waals surface area contributed by atoms with E-state index in [1.54, 1.807) is 6.20 Å². The van der Waals surface area contributed by atoms with E-state index in [2.05, 4.69) is 39.9 Å². The van der Waals surface area contributed by atoms with E-state index in [0.29, 0.717) is 28.6 Å². The first kappa shape index (κ1) is 24.0. The molecule has 3 aliphatic rings. The number of hydrogen-bond acceptors (Lipinski definition) is 9. The average Bonchev–Trinajstić information content (AvgIpc) is 3.39. The van der Waals surface area contributed by atoms with Crippen molar-refractivity contribution in [2.75, 3.05) is 37.8 Å². The molecule has 5 heterocycles. The van der Waals surface area contributed by atoms with Gasteiger partial charge in [0.25, 0.3) is 0 Å². The Morgan fingerprint density at radius 1 is 1.19 bits per heavy atom. The van der Waals surface area contributed by atoms with Gasteiger partial charge in [-0.2, -0.15) is 5.26 Å². The van der Waals surface area contributed by atoms with Gasteiger partial charge in [0.15, 0.2) is 11.6 Å². The van der Waals surface area contributed by atoms with Crippen LogP contribution < -0.4 is 10.6 Å². The number of anilines is 1. The molecule has 0 radical (unpaired) electrons. The number of fused-ring (bicyclic) bond motifs is 4. The summed E-state index contributed by atoms with van der Waals surface area (Å²) < 4.78 is 37.0. The van der Waals surface area contributed by atoms with Gasteiger partial charge in [-0.15, -0.1) is 11.8 Å². The number of likely N-dealkylation sites (N-methyl/N-ethyl adjacent to an activating group) is 1. The van der Waals surface area contributed by atoms with E-state index in [0.717, 1.165) is 37.7 Å². The minimum Gasteiger partial charge on any atom is -0.400 e. The maximum atomic E-state index is 16.5. The number of nitrogens with two attached hydrogens (primary N) is 1. The Bertz CT molecular complexity index is 1520. The number of nitrogens with zero attached hydrogens (tertiary/aromatic N) is 6. The first-order chi connectivity index (χ1) is 17.9. The van der Waals surface area contributed by atoms with Crippen molar-refractivity contribution in [3.8, 4) is 17.3 Å². The lowest BCUT2D eigenvalue weighted by molar-refractivity contribution is 0.135. The third-order valence-electron chi connectivity index (χ3n) is 7.38. The maximum absolute atomic E-state index is 16.5. The van der Waals surface area contributed by atoms with Crippen LogP contribution >= 0.6 is 11.8 Å². The molecule has 1 unspecified atom stereocenters. The van der Waals surface area contributed by atoms with Crippen molar-refractivity contribution in [2.24, 2.45) is 5.73 Å². The molecule has 2 aromatic heterocycles. The van der Waals surface area contributed by atoms with Crippen LogP contribution in [0.15, 0.2) is 23.0 Å². The summed E-state index contributed by atoms with van der Waals surface area (Å²) in [6.07, 6.45) is 4.81. The molecule has 0 bridgehead atoms. The summed E-state index contributed by atoms with van der Waals surface area (Å²) in [5.74, 6) is -0.410. The highest BCUT2D eigenvalue weighted by molar-refractivity contribution is 7.99. The fourth-order valence-electron chi connectivity index (χ4n) is 5.41. The van der Waals surface area contributed by atoms with Crippen molar-refractivity contribution in [1.82, 2.24) is 19.9 Å². The number of nitriles is 1. The molecule has 8 nitrogen and oxygen atoms in total. The summed E-state index contributed by atoms with van der Waals surface area (Å²) in [6.45, 7) is 1.98. The Kier molecular flexibility index (Phi) is 5.98. The third kappa shape index (κ3) is 3.82. The number of pyridine rings is 1. The largest absolute Gasteiger partial charge is 0.400 e. The SMILES string of the molecule is CN(C)C1CCCN(c2ncc3c4c(c(-c5ncc(F)c6c5C(C#N)=C(N)CS6)c(F)c3n2)COC4)C1. The summed E-state index contributed by atoms with van der Waals surface area (Å²) in [4.78, 5) is 18.1. The predicted octanol–water partition coefficient (Wildman–Crippen LogP) is 3.83. The Balaban J connectivity index is 1.57. The minimum atomic E-state index is -0.586. The maximum Gasteiger partial charge on any atom is 0.226 e. The number of hydrogen-bond donors (Lipinski definition) is 1. The zero-order valence-electron chi connectivity index (χ0n) is 20.5. The van der Waals surface area contributed by atoms with Crippen LogP contribution in [-0.4, -0.2) is 58.8 Å². The summed E-state index contributed by atoms with van der Waals surface area (Å²) in [7, 11) is 4.10. The molecule has 2 N–H and O–H groups in total. The molecular weight excluding hydrogens is 496 g/mol. The van der Waals surface area contributed by atoms with Crippen molar-refractivity contribution in [1.29, 1.82) is 5.26 Å². The Morgan fingerprint density at radius 2 is 2.00 bits per heavy atom. The highest BCUT2D eigenvalue weighted by atomic mass is 32.2. The smallest absolute Gasteiger partial charge is 0.226 e. The standard InChI is InChI=1S/C26H25F2N7OS/c1-34(2)13-4-3-5-35(9-13)26-32-7-15-16-10-36-11-17(16)20(22(28)23(15)33-26)24-21-14(6-29)19(30)12-37-25(21)18(27)8-31-24/h7-8,13H,3-5,9-12,30H2,1-2H3. The van der Waals surface area contributed by atoms with Crippen LogP contribution in [0, 0.1) is 23.0 Å². The van der Waals surface area contributed by atoms with Crippen molar-refractivity contribution in [2.45, 2.75) is 37.0 Å². The average molecular weight is 522 g/mol. The zero-order chi connectivity index (χ0) is 25.8. The molecule has 0 amide bonds. The van der Waals surface area contributed by atoms with Gasteiger partial charge in [-0.25, -0.2) is 18.7 Å². The van der Waals surface area contributed by atoms with Crippen LogP contribution in [0.3, 0.4) is 0 Å². The lowest BCUT2D eigenvalue weighted by atomic mass is 9.91. The molecule has 1 fully saturated rings. The Hall–Kier alpha value is -3.33. The summed E-state index contributed by atoms with van der Waals surface area (Å²) in [5.41, 5.74) is 8.68. The topological polar surface area (TPSA) is 104 Å². The molecule has 190 valence electrons. The predicted molar refractivity (Wildman–Crippen MR) is 138 cm³/mol. The first-order valence-electron chi connectivity index (χ1n) is 12.1. The Labute approximate surface area is 217 Å². The summed E-state index contributed by atoms with van der Waals surface area (Å²) in [5, 5.41) is 10.4. The van der Waals surface area contributed by atoms with Crippen molar-refractivity contribution >= 4 is 34.2 Å². The van der Waals surface area contributed by atoms with Crippen LogP contribution in [0.25, 0.3) is 27.7 Å². The molecular formula is C26H25F2N7OS. The monoisotopic (exact) mass is 521 g/mol. The normalized spacial score (nSPS) is 19.4. The molecule has 1 saturated heterocycles. The molecule has 3 aromatic rings. The second kappa shape index (κ2) is 9.20. The second-order valence-corrected chi connectivity index (χ2v) is 10.7. The molecule has 6 rings (SSSR count). The number of thioether (sulfide) groups is 1. The Morgan fingerprint density at radius 3 is 2.78 bits per heavy atom. The quantitative estimate of drug-likeness (QED) is 0.551. The van der Waals surface area contributed by atoms with Crippen LogP contribution in [0.5, 0.6) is 0 Å². The van der Waals surface area contributed by atoms with Gasteiger partial charge < -0.3 is 20.3 Å². The van der Waals surface area contributed by atoms with Crippen LogP contribution in [0.2, 0.25) is 0 Å². The van der Waals surface area contributed by atoms with E-state index >= 15 is 4.39 Å². The van der Waals surface area contributed by atoms with Crippen molar-refractivity contribution in [3.05, 3.63) is 46.4 Å². The van der Waals surface area contributed by atoms with E-state index in [1.165, 1.54) is 11.8 Å². The molecule has 0 aliphatic carbocycles. The van der Waals surface area contributed by atoms with Gasteiger partial charge in [0.05, 0.1) is 35.6 Å². The lowest BCUT2D eigenvalue weighted by Gasteiger charge is -2.36. The van der Waals surface area contributed by atoms with E-state index in [1.807, 2.05) is 0 Å². The van der Waals surface area contributed by atoms with Gasteiger partial charge in [-0.3, -0.25) is 4.98 Å². The van der Waals surface area contributed by atoms with E-state index in [9.17, 15) is 9.65 Å². The number of halogens is 2. The van der Waals surface area contributed by atoms with Gasteiger partial charge in [0, 0.05) is 53.3 Å². The third-order valence-corrected chi connectivity index (χ3v) is 8.52.